The number of fused-ring (bicyclic) bond motifs is 1. The van der Waals surface area contributed by atoms with Gasteiger partial charge in [-0.2, -0.15) is 13.2 Å². The molecule has 0 amide bonds. The van der Waals surface area contributed by atoms with Gasteiger partial charge in [0.1, 0.15) is 11.6 Å². The summed E-state index contributed by atoms with van der Waals surface area (Å²) in [7, 11) is 0. The van der Waals surface area contributed by atoms with Crippen LogP contribution >= 0.6 is 0 Å². The molecule has 0 saturated heterocycles. The van der Waals surface area contributed by atoms with Crippen molar-refractivity contribution in [3.63, 3.8) is 0 Å². The number of pyridine rings is 1. The lowest BCUT2D eigenvalue weighted by atomic mass is 10.1. The van der Waals surface area contributed by atoms with Gasteiger partial charge in [0, 0.05) is 22.7 Å². The van der Waals surface area contributed by atoms with E-state index in [1.807, 2.05) is 0 Å². The first-order chi connectivity index (χ1) is 10.9. The van der Waals surface area contributed by atoms with Crippen LogP contribution in [0.25, 0.3) is 10.8 Å². The summed E-state index contributed by atoms with van der Waals surface area (Å²) in [4.78, 5) is 4.10. The van der Waals surface area contributed by atoms with Crippen molar-refractivity contribution < 1.29 is 17.6 Å². The van der Waals surface area contributed by atoms with E-state index in [1.54, 1.807) is 24.3 Å². The van der Waals surface area contributed by atoms with Crippen LogP contribution in [0.2, 0.25) is 0 Å². The zero-order valence-corrected chi connectivity index (χ0v) is 11.7. The third-order valence-electron chi connectivity index (χ3n) is 3.39. The van der Waals surface area contributed by atoms with Gasteiger partial charge in [-0.05, 0) is 30.3 Å². The molecule has 2 aromatic carbocycles. The first kappa shape index (κ1) is 15.1. The Kier molecular flexibility index (Phi) is 3.55. The van der Waals surface area contributed by atoms with Gasteiger partial charge in [0.2, 0.25) is 0 Å². The molecule has 7 heteroatoms. The van der Waals surface area contributed by atoms with Crippen LogP contribution in [0.3, 0.4) is 0 Å². The first-order valence-corrected chi connectivity index (χ1v) is 6.63. The van der Waals surface area contributed by atoms with Crippen LogP contribution in [0, 0.1) is 5.82 Å². The number of nitrogen functional groups attached to an aromatic ring is 1. The van der Waals surface area contributed by atoms with Gasteiger partial charge in [-0.15, -0.1) is 0 Å². The Hall–Kier alpha value is -2.83. The Balaban J connectivity index is 2.02. The Morgan fingerprint density at radius 3 is 2.48 bits per heavy atom. The Morgan fingerprint density at radius 2 is 1.78 bits per heavy atom. The van der Waals surface area contributed by atoms with Crippen molar-refractivity contribution in [3.8, 4) is 0 Å². The SMILES string of the molecule is Nc1cccc2c(Nc3ccc(C(F)(F)F)cc3F)nccc12. The smallest absolute Gasteiger partial charge is 0.398 e. The first-order valence-electron chi connectivity index (χ1n) is 6.63. The van der Waals surface area contributed by atoms with Crippen molar-refractivity contribution in [1.82, 2.24) is 4.98 Å². The summed E-state index contributed by atoms with van der Waals surface area (Å²) in [5, 5.41) is 4.08. The third kappa shape index (κ3) is 2.90. The van der Waals surface area contributed by atoms with Crippen molar-refractivity contribution in [2.24, 2.45) is 0 Å². The fraction of sp³-hybridized carbons (Fsp3) is 0.0625. The minimum absolute atomic E-state index is 0.0968. The summed E-state index contributed by atoms with van der Waals surface area (Å²) in [5.41, 5.74) is 5.25. The summed E-state index contributed by atoms with van der Waals surface area (Å²) in [5.74, 6) is -0.698. The number of halogens is 4. The summed E-state index contributed by atoms with van der Waals surface area (Å²) < 4.78 is 51.6. The molecule has 0 aliphatic heterocycles. The maximum absolute atomic E-state index is 13.9. The number of nitrogens with two attached hydrogens (primary N) is 1. The van der Waals surface area contributed by atoms with E-state index in [-0.39, 0.29) is 5.69 Å². The minimum atomic E-state index is -4.59. The van der Waals surface area contributed by atoms with Crippen molar-refractivity contribution >= 4 is 28.0 Å². The van der Waals surface area contributed by atoms with E-state index >= 15 is 0 Å². The molecule has 3 nitrogen and oxygen atoms in total. The van der Waals surface area contributed by atoms with Crippen LogP contribution in [0.4, 0.5) is 34.8 Å². The molecule has 0 radical (unpaired) electrons. The highest BCUT2D eigenvalue weighted by molar-refractivity contribution is 5.99. The molecule has 0 aliphatic rings. The second-order valence-electron chi connectivity index (χ2n) is 4.92. The molecular formula is C16H11F4N3. The van der Waals surface area contributed by atoms with E-state index in [9.17, 15) is 17.6 Å². The topological polar surface area (TPSA) is 50.9 Å². The fourth-order valence-corrected chi connectivity index (χ4v) is 2.25. The van der Waals surface area contributed by atoms with Gasteiger partial charge in [0.15, 0.2) is 0 Å². The normalized spacial score (nSPS) is 11.7. The zero-order valence-electron chi connectivity index (χ0n) is 11.7. The van der Waals surface area contributed by atoms with Gasteiger partial charge in [-0.1, -0.05) is 12.1 Å². The Labute approximate surface area is 128 Å². The standard InChI is InChI=1S/C16H11F4N3/c17-12-8-9(16(18,19)20)4-5-14(12)23-15-11-2-1-3-13(21)10(11)6-7-22-15/h1-8H,21H2,(H,22,23). The van der Waals surface area contributed by atoms with Gasteiger partial charge in [-0.3, -0.25) is 0 Å². The number of rotatable bonds is 2. The summed E-state index contributed by atoms with van der Waals surface area (Å²) in [6.07, 6.45) is -3.10. The lowest BCUT2D eigenvalue weighted by Crippen LogP contribution is -2.06. The highest BCUT2D eigenvalue weighted by Gasteiger charge is 2.31. The van der Waals surface area contributed by atoms with E-state index < -0.39 is 17.6 Å². The molecule has 1 heterocycles. The number of nitrogens with one attached hydrogen (secondary N) is 1. The average molecular weight is 321 g/mol. The second-order valence-corrected chi connectivity index (χ2v) is 4.92. The van der Waals surface area contributed by atoms with E-state index in [4.69, 9.17) is 5.73 Å². The summed E-state index contributed by atoms with van der Waals surface area (Å²) in [6, 6.07) is 9.16. The number of aromatic nitrogens is 1. The van der Waals surface area contributed by atoms with Crippen molar-refractivity contribution in [3.05, 3.63) is 60.0 Å². The van der Waals surface area contributed by atoms with Crippen LogP contribution in [-0.2, 0) is 6.18 Å². The molecule has 0 aliphatic carbocycles. The van der Waals surface area contributed by atoms with E-state index in [0.717, 1.165) is 17.5 Å². The minimum Gasteiger partial charge on any atom is -0.398 e. The lowest BCUT2D eigenvalue weighted by molar-refractivity contribution is -0.137. The van der Waals surface area contributed by atoms with Crippen LogP contribution in [0.15, 0.2) is 48.7 Å². The lowest BCUT2D eigenvalue weighted by Gasteiger charge is -2.12. The number of alkyl halides is 3. The molecule has 0 unspecified atom stereocenters. The number of hydrogen-bond donors (Lipinski definition) is 2. The van der Waals surface area contributed by atoms with Crippen LogP contribution in [0.1, 0.15) is 5.56 Å². The van der Waals surface area contributed by atoms with Crippen molar-refractivity contribution in [2.75, 3.05) is 11.1 Å². The predicted molar refractivity (Wildman–Crippen MR) is 80.8 cm³/mol. The second kappa shape index (κ2) is 5.42. The average Bonchev–Trinajstić information content (AvgIpc) is 2.49. The van der Waals surface area contributed by atoms with Gasteiger partial charge in [0.05, 0.1) is 11.3 Å². The van der Waals surface area contributed by atoms with Gasteiger partial charge >= 0.3 is 6.18 Å². The number of hydrogen-bond acceptors (Lipinski definition) is 3. The molecule has 0 atom stereocenters. The quantitative estimate of drug-likeness (QED) is 0.530. The van der Waals surface area contributed by atoms with Crippen LogP contribution < -0.4 is 11.1 Å². The van der Waals surface area contributed by atoms with Crippen LogP contribution in [0.5, 0.6) is 0 Å². The molecule has 1 aromatic heterocycles. The third-order valence-corrected chi connectivity index (χ3v) is 3.39. The monoisotopic (exact) mass is 321 g/mol. The summed E-state index contributed by atoms with van der Waals surface area (Å²) >= 11 is 0. The molecule has 3 aromatic rings. The molecular weight excluding hydrogens is 310 g/mol. The highest BCUT2D eigenvalue weighted by Crippen LogP contribution is 2.33. The maximum atomic E-state index is 13.9. The molecule has 3 rings (SSSR count). The Morgan fingerprint density at radius 1 is 1.00 bits per heavy atom. The maximum Gasteiger partial charge on any atom is 0.416 e. The fourth-order valence-electron chi connectivity index (χ4n) is 2.25. The molecule has 0 fully saturated rings. The molecule has 0 spiro atoms. The highest BCUT2D eigenvalue weighted by atomic mass is 19.4. The largest absolute Gasteiger partial charge is 0.416 e. The van der Waals surface area contributed by atoms with E-state index in [0.29, 0.717) is 23.0 Å². The van der Waals surface area contributed by atoms with Crippen molar-refractivity contribution in [2.45, 2.75) is 6.18 Å². The number of anilines is 3. The van der Waals surface area contributed by atoms with E-state index in [1.165, 1.54) is 6.20 Å². The predicted octanol–water partition coefficient (Wildman–Crippen LogP) is 4.72. The molecule has 3 N–H and O–H groups in total. The Bertz CT molecular complexity index is 875. The van der Waals surface area contributed by atoms with Crippen LogP contribution in [-0.4, -0.2) is 4.98 Å². The van der Waals surface area contributed by atoms with Gasteiger partial charge in [-0.25, -0.2) is 9.37 Å². The van der Waals surface area contributed by atoms with Gasteiger partial charge < -0.3 is 11.1 Å². The molecule has 0 bridgehead atoms. The summed E-state index contributed by atoms with van der Waals surface area (Å²) in [6.45, 7) is 0. The van der Waals surface area contributed by atoms with Gasteiger partial charge in [0.25, 0.3) is 0 Å². The van der Waals surface area contributed by atoms with E-state index in [2.05, 4.69) is 10.3 Å². The number of benzene rings is 2. The number of nitrogens with zero attached hydrogens (tertiary/aromatic N) is 1. The molecule has 0 saturated carbocycles. The molecule has 118 valence electrons. The zero-order chi connectivity index (χ0) is 16.6. The molecule has 23 heavy (non-hydrogen) atoms. The van der Waals surface area contributed by atoms with Crippen molar-refractivity contribution in [1.29, 1.82) is 0 Å².